The molecule has 4 nitrogen and oxygen atoms in total. The summed E-state index contributed by atoms with van der Waals surface area (Å²) in [4.78, 5) is 9.51. The lowest BCUT2D eigenvalue weighted by molar-refractivity contribution is 0.465. The lowest BCUT2D eigenvalue weighted by Crippen LogP contribution is -2.49. The van der Waals surface area contributed by atoms with Crippen LogP contribution in [0.15, 0.2) is 59.1 Å². The minimum absolute atomic E-state index is 0.0487. The molecular formula is C24H25N3O. The van der Waals surface area contributed by atoms with Crippen molar-refractivity contribution in [3.05, 3.63) is 60.3 Å². The predicted octanol–water partition coefficient (Wildman–Crippen LogP) is 6.39. The highest BCUT2D eigenvalue weighted by molar-refractivity contribution is 6.10. The second kappa shape index (κ2) is 5.74. The van der Waals surface area contributed by atoms with Crippen molar-refractivity contribution in [1.82, 2.24) is 4.98 Å². The minimum Gasteiger partial charge on any atom is -0.454 e. The number of furan rings is 1. The molecule has 2 aromatic heterocycles. The Morgan fingerprint density at radius 2 is 1.75 bits per heavy atom. The van der Waals surface area contributed by atoms with E-state index >= 15 is 0 Å². The number of anilines is 3. The van der Waals surface area contributed by atoms with Crippen LogP contribution in [0.2, 0.25) is 0 Å². The third-order valence-corrected chi connectivity index (χ3v) is 5.69. The minimum atomic E-state index is -0.0487. The van der Waals surface area contributed by atoms with Gasteiger partial charge in [0.05, 0.1) is 11.4 Å². The molecule has 142 valence electrons. The van der Waals surface area contributed by atoms with Gasteiger partial charge in [-0.05, 0) is 58.4 Å². The van der Waals surface area contributed by atoms with E-state index in [1.54, 1.807) is 0 Å². The van der Waals surface area contributed by atoms with E-state index in [9.17, 15) is 0 Å². The molecule has 0 unspecified atom stereocenters. The molecule has 4 heteroatoms. The molecule has 2 aromatic carbocycles. The Morgan fingerprint density at radius 3 is 2.54 bits per heavy atom. The highest BCUT2D eigenvalue weighted by atomic mass is 16.3. The molecule has 0 N–H and O–H groups in total. The van der Waals surface area contributed by atoms with Crippen molar-refractivity contribution in [3.63, 3.8) is 0 Å². The van der Waals surface area contributed by atoms with E-state index < -0.39 is 0 Å². The summed E-state index contributed by atoms with van der Waals surface area (Å²) >= 11 is 0. The Kier molecular flexibility index (Phi) is 3.51. The number of benzene rings is 2. The van der Waals surface area contributed by atoms with Gasteiger partial charge in [0, 0.05) is 22.5 Å². The van der Waals surface area contributed by atoms with E-state index in [-0.39, 0.29) is 11.7 Å². The molecule has 1 aliphatic rings. The highest BCUT2D eigenvalue weighted by Gasteiger charge is 2.41. The molecule has 0 fully saturated rings. The van der Waals surface area contributed by atoms with E-state index in [2.05, 4.69) is 74.8 Å². The van der Waals surface area contributed by atoms with Crippen molar-refractivity contribution in [3.8, 4) is 0 Å². The molecule has 1 aliphatic heterocycles. The number of nitrogens with zero attached hydrogens (tertiary/aromatic N) is 3. The van der Waals surface area contributed by atoms with E-state index in [4.69, 9.17) is 9.40 Å². The summed E-state index contributed by atoms with van der Waals surface area (Å²) in [5.74, 6) is 1.02. The Balaban J connectivity index is 1.82. The Hall–Kier alpha value is -3.01. The zero-order valence-electron chi connectivity index (χ0n) is 17.0. The summed E-state index contributed by atoms with van der Waals surface area (Å²) in [5, 5.41) is 2.31. The fourth-order valence-electron chi connectivity index (χ4n) is 4.61. The lowest BCUT2D eigenvalue weighted by Gasteiger charge is -2.39. The Morgan fingerprint density at radius 1 is 0.964 bits per heavy atom. The molecule has 3 heterocycles. The normalized spacial score (nSPS) is 17.0. The largest absolute Gasteiger partial charge is 0.454 e. The fraction of sp³-hybridized carbons (Fsp3) is 0.292. The first-order chi connectivity index (χ1) is 13.4. The van der Waals surface area contributed by atoms with Crippen LogP contribution < -0.4 is 9.80 Å². The maximum atomic E-state index is 6.38. The van der Waals surface area contributed by atoms with Crippen LogP contribution in [-0.2, 0) is 0 Å². The second-order valence-electron chi connectivity index (χ2n) is 8.59. The maximum absolute atomic E-state index is 6.38. The van der Waals surface area contributed by atoms with Gasteiger partial charge >= 0.3 is 0 Å². The molecule has 0 bridgehead atoms. The monoisotopic (exact) mass is 371 g/mol. The van der Waals surface area contributed by atoms with Gasteiger partial charge in [0.1, 0.15) is 11.7 Å². The zero-order chi connectivity index (χ0) is 19.6. The first kappa shape index (κ1) is 17.1. The van der Waals surface area contributed by atoms with Crippen LogP contribution in [0.3, 0.4) is 0 Å². The molecule has 0 radical (unpaired) electrons. The zero-order valence-corrected chi connectivity index (χ0v) is 17.0. The predicted molar refractivity (Wildman–Crippen MR) is 117 cm³/mol. The summed E-state index contributed by atoms with van der Waals surface area (Å²) in [6, 6.07) is 16.8. The average molecular weight is 371 g/mol. The van der Waals surface area contributed by atoms with Crippen LogP contribution in [-0.4, -0.2) is 16.7 Å². The first-order valence-electron chi connectivity index (χ1n) is 9.82. The van der Waals surface area contributed by atoms with Crippen molar-refractivity contribution >= 4 is 39.1 Å². The number of para-hydroxylation sites is 1. The number of fused-ring (bicyclic) bond motifs is 4. The van der Waals surface area contributed by atoms with Crippen LogP contribution in [0.1, 0.15) is 33.3 Å². The van der Waals surface area contributed by atoms with Crippen molar-refractivity contribution in [2.75, 3.05) is 9.80 Å². The van der Waals surface area contributed by atoms with Gasteiger partial charge in [0.2, 0.25) is 0 Å². The molecule has 4 aromatic rings. The summed E-state index contributed by atoms with van der Waals surface area (Å²) in [6.07, 6.45) is 2.00. The quantitative estimate of drug-likeness (QED) is 0.388. The van der Waals surface area contributed by atoms with Gasteiger partial charge < -0.3 is 14.2 Å². The van der Waals surface area contributed by atoms with Crippen molar-refractivity contribution in [2.24, 2.45) is 0 Å². The van der Waals surface area contributed by atoms with Gasteiger partial charge in [-0.1, -0.05) is 30.3 Å². The number of hydrogen-bond acceptors (Lipinski definition) is 4. The average Bonchev–Trinajstić information content (AvgIpc) is 3.16. The summed E-state index contributed by atoms with van der Waals surface area (Å²) in [6.45, 7) is 11.1. The van der Waals surface area contributed by atoms with Gasteiger partial charge in [0.25, 0.3) is 0 Å². The smallest absolute Gasteiger partial charge is 0.159 e. The first-order valence-corrected chi connectivity index (χ1v) is 9.82. The number of aryl methyl sites for hydroxylation is 1. The molecule has 0 saturated heterocycles. The molecular weight excluding hydrogens is 346 g/mol. The summed E-state index contributed by atoms with van der Waals surface area (Å²) in [7, 11) is 0. The van der Waals surface area contributed by atoms with E-state index in [0.29, 0.717) is 0 Å². The number of pyridine rings is 1. The Bertz CT molecular complexity index is 1200. The number of hydrogen-bond donors (Lipinski definition) is 0. The number of aromatic nitrogens is 1. The third kappa shape index (κ3) is 2.27. The highest BCUT2D eigenvalue weighted by Crippen LogP contribution is 2.49. The van der Waals surface area contributed by atoms with Gasteiger partial charge in [0.15, 0.2) is 11.4 Å². The molecule has 0 amide bonds. The standard InChI is InChI=1S/C24H25N3O/c1-15-12-13-18-17-9-6-7-11-20(17)28-22(18)21(15)26-16(2)27(24(3,4)5)23-19(26)10-8-14-25-23/h6-14,16H,1-5H3/t16-/m1/s1. The van der Waals surface area contributed by atoms with Gasteiger partial charge in [-0.15, -0.1) is 0 Å². The summed E-state index contributed by atoms with van der Waals surface area (Å²) < 4.78 is 6.38. The van der Waals surface area contributed by atoms with Crippen molar-refractivity contribution in [2.45, 2.75) is 46.3 Å². The van der Waals surface area contributed by atoms with Crippen LogP contribution in [0.5, 0.6) is 0 Å². The molecule has 0 aliphatic carbocycles. The van der Waals surface area contributed by atoms with Crippen LogP contribution in [0, 0.1) is 6.92 Å². The third-order valence-electron chi connectivity index (χ3n) is 5.69. The van der Waals surface area contributed by atoms with Gasteiger partial charge in [-0.25, -0.2) is 4.98 Å². The van der Waals surface area contributed by atoms with E-state index in [1.807, 2.05) is 24.4 Å². The molecule has 5 rings (SSSR count). The SMILES string of the molecule is Cc1ccc2c(oc3ccccc32)c1N1c2cccnc2N(C(C)(C)C)[C@@H]1C. The number of rotatable bonds is 1. The second-order valence-corrected chi connectivity index (χ2v) is 8.59. The maximum Gasteiger partial charge on any atom is 0.159 e. The van der Waals surface area contributed by atoms with Gasteiger partial charge in [-0.3, -0.25) is 0 Å². The van der Waals surface area contributed by atoms with Crippen LogP contribution >= 0.6 is 0 Å². The van der Waals surface area contributed by atoms with E-state index in [1.165, 1.54) is 5.56 Å². The van der Waals surface area contributed by atoms with Crippen LogP contribution in [0.4, 0.5) is 17.2 Å². The molecule has 1 atom stereocenters. The topological polar surface area (TPSA) is 32.5 Å². The van der Waals surface area contributed by atoms with Gasteiger partial charge in [-0.2, -0.15) is 0 Å². The molecule has 0 saturated carbocycles. The lowest BCUT2D eigenvalue weighted by atomic mass is 10.1. The van der Waals surface area contributed by atoms with Crippen molar-refractivity contribution < 1.29 is 4.42 Å². The molecule has 0 spiro atoms. The van der Waals surface area contributed by atoms with E-state index in [0.717, 1.165) is 39.1 Å². The van der Waals surface area contributed by atoms with Crippen molar-refractivity contribution in [1.29, 1.82) is 0 Å². The Labute approximate surface area is 165 Å². The van der Waals surface area contributed by atoms with Crippen LogP contribution in [0.25, 0.3) is 21.9 Å². The fourth-order valence-corrected chi connectivity index (χ4v) is 4.61. The summed E-state index contributed by atoms with van der Waals surface area (Å²) in [5.41, 5.74) is 5.27. The molecule has 28 heavy (non-hydrogen) atoms.